The third-order valence-corrected chi connectivity index (χ3v) is 21.5. The number of aromatic nitrogens is 7. The van der Waals surface area contributed by atoms with Gasteiger partial charge in [0.25, 0.3) is 0 Å². The van der Waals surface area contributed by atoms with Crippen molar-refractivity contribution in [2.75, 3.05) is 0 Å². The van der Waals surface area contributed by atoms with Gasteiger partial charge in [0.2, 0.25) is 0 Å². The van der Waals surface area contributed by atoms with Crippen molar-refractivity contribution in [1.82, 2.24) is 34.9 Å². The van der Waals surface area contributed by atoms with E-state index in [2.05, 4.69) is 202 Å². The van der Waals surface area contributed by atoms with Crippen molar-refractivity contribution in [3.8, 4) is 87.9 Å². The predicted octanol–water partition coefficient (Wildman–Crippen LogP) is 27.4. The average Bonchev–Trinajstić information content (AvgIpc) is 1.29. The topological polar surface area (TPSA) is 193 Å². The summed E-state index contributed by atoms with van der Waals surface area (Å²) in [5.74, 6) is -0.375. The molecule has 13 nitrogen and oxygen atoms in total. The second kappa shape index (κ2) is 60.2. The van der Waals surface area contributed by atoms with Gasteiger partial charge < -0.3 is 24.9 Å². The van der Waals surface area contributed by atoms with Gasteiger partial charge in [0, 0.05) is 154 Å². The van der Waals surface area contributed by atoms with Gasteiger partial charge in [0.15, 0.2) is 0 Å². The summed E-state index contributed by atoms with van der Waals surface area (Å²) in [7, 11) is 0. The SMILES string of the molecule is CC(=O)CC(C)=O.CC(=O)CC(C)=O.CC(=O)CC(C)=O.Cc1ccc[c-]c1-c1cc(-c2ccccc2)c2ccccc2n1.[Ir].[Ir].[Ir].[Ir].[Ir].[c-]1c(-c2ccc3ccccc3n2)sc2ccccc12.[c-]1c(-c2ccccn2)sc2ccccc12.[c-]1c(-c2ccccn2)sc2ccccc12.[c-]1ccccc1-c1ccccn1.[c-]1ccccc1-c1ccccn1.[c-]1ccccc1-c1ccccn1. The zero-order valence-corrected chi connectivity index (χ0v) is 88.4. The van der Waals surface area contributed by atoms with E-state index in [1.54, 1.807) is 52.6 Å². The summed E-state index contributed by atoms with van der Waals surface area (Å²) in [6.45, 7) is 10.5. The molecular formula is C113H90Ir5N7O6S3-7. The Hall–Kier alpha value is -12.1. The molecule has 20 aromatic rings. The molecule has 10 aromatic carbocycles. The number of ketones is 6. The maximum Gasteiger partial charge on any atom is 0.137 e. The van der Waals surface area contributed by atoms with Crippen LogP contribution in [0.25, 0.3) is 140 Å². The van der Waals surface area contributed by atoms with E-state index in [9.17, 15) is 28.8 Å². The van der Waals surface area contributed by atoms with Crippen LogP contribution in [0.5, 0.6) is 0 Å². The Balaban J connectivity index is 0.000000233. The number of carbonyl (C=O) groups is 6. The van der Waals surface area contributed by atoms with Crippen LogP contribution < -0.4 is 0 Å². The van der Waals surface area contributed by atoms with Crippen LogP contribution in [-0.4, -0.2) is 69.6 Å². The summed E-state index contributed by atoms with van der Waals surface area (Å²) in [4.78, 5) is 94.4. The van der Waals surface area contributed by atoms with Crippen LogP contribution in [0.2, 0.25) is 0 Å². The Bertz CT molecular complexity index is 6340. The number of fused-ring (bicyclic) bond motifs is 5. The van der Waals surface area contributed by atoms with Gasteiger partial charge in [-0.1, -0.05) is 189 Å². The molecule has 0 aliphatic heterocycles. The van der Waals surface area contributed by atoms with Gasteiger partial charge in [-0.15, -0.1) is 214 Å². The molecule has 0 aliphatic rings. The maximum absolute atomic E-state index is 10.0. The zero-order chi connectivity index (χ0) is 90.7. The fraction of sp³-hybridized carbons (Fsp3) is 0.0885. The van der Waals surface area contributed by atoms with Crippen LogP contribution in [0.3, 0.4) is 0 Å². The molecule has 5 radical (unpaired) electrons. The van der Waals surface area contributed by atoms with E-state index in [1.165, 1.54) is 93.9 Å². The van der Waals surface area contributed by atoms with Crippen LogP contribution in [0.15, 0.2) is 383 Å². The number of hydrogen-bond donors (Lipinski definition) is 0. The summed E-state index contributed by atoms with van der Waals surface area (Å²) in [6, 6.07) is 140. The van der Waals surface area contributed by atoms with Gasteiger partial charge in [-0.25, -0.2) is 34.0 Å². The van der Waals surface area contributed by atoms with Gasteiger partial charge in [0.1, 0.15) is 34.7 Å². The van der Waals surface area contributed by atoms with E-state index in [0.29, 0.717) is 0 Å². The first kappa shape index (κ1) is 111. The summed E-state index contributed by atoms with van der Waals surface area (Å²) in [6.07, 6.45) is 9.24. The Morgan fingerprint density at radius 3 is 0.948 bits per heavy atom. The quantitative estimate of drug-likeness (QED) is 0.0738. The van der Waals surface area contributed by atoms with E-state index in [4.69, 9.17) is 9.97 Å². The molecule has 20 rings (SSSR count). The van der Waals surface area contributed by atoms with E-state index in [-0.39, 0.29) is 154 Å². The predicted molar refractivity (Wildman–Crippen MR) is 529 cm³/mol. The molecule has 0 aliphatic carbocycles. The molecule has 0 bridgehead atoms. The van der Waals surface area contributed by atoms with Crippen molar-refractivity contribution in [2.45, 2.75) is 67.7 Å². The van der Waals surface area contributed by atoms with Gasteiger partial charge in [-0.05, 0) is 152 Å². The number of nitrogens with zero attached hydrogens (tertiary/aromatic N) is 7. The fourth-order valence-electron chi connectivity index (χ4n) is 12.5. The molecule has 0 spiro atoms. The Kier molecular flexibility index (Phi) is 49.7. The number of rotatable bonds is 14. The van der Waals surface area contributed by atoms with Crippen molar-refractivity contribution >= 4 is 121 Å². The number of carbonyl (C=O) groups excluding carboxylic acids is 6. The Morgan fingerprint density at radius 1 is 0.276 bits per heavy atom. The second-order valence-electron chi connectivity index (χ2n) is 28.9. The van der Waals surface area contributed by atoms with Crippen molar-refractivity contribution < 1.29 is 129 Å². The first-order valence-electron chi connectivity index (χ1n) is 41.3. The largest absolute Gasteiger partial charge is 0.305 e. The average molecular weight is 2700 g/mol. The number of hydrogen-bond acceptors (Lipinski definition) is 16. The van der Waals surface area contributed by atoms with Gasteiger partial charge in [0.05, 0.1) is 30.3 Å². The molecule has 0 N–H and O–H groups in total. The molecule has 0 saturated heterocycles. The minimum Gasteiger partial charge on any atom is -0.305 e. The van der Waals surface area contributed by atoms with E-state index in [1.807, 2.05) is 237 Å². The summed E-state index contributed by atoms with van der Waals surface area (Å²) in [5.41, 5.74) is 16.7. The molecule has 10 aromatic heterocycles. The van der Waals surface area contributed by atoms with Crippen LogP contribution >= 0.6 is 34.0 Å². The van der Waals surface area contributed by atoms with E-state index in [0.717, 1.165) is 93.2 Å². The number of benzene rings is 10. The van der Waals surface area contributed by atoms with Crippen molar-refractivity contribution in [1.29, 1.82) is 0 Å². The monoisotopic (exact) mass is 2700 g/mol. The van der Waals surface area contributed by atoms with Gasteiger partial charge >= 0.3 is 0 Å². The standard InChI is InChI=1S/C22H16N.C17H10NS.2C13H8NS.3C11H8N.3C5H8O2.5Ir/c1-16-9-5-6-12-18(16)22-15-20(17-10-3-2-4-11-17)19-13-7-8-14-21(19)23-22;1-3-7-14-12(5-1)9-10-15(18-14)17-11-13-6-2-4-8-16(13)19-17;2*1-2-7-12-10(5-1)9-13(15-12)11-6-3-4-8-14-11;3*1-2-6-10(7-3-1)11-8-4-5-9-12-11;3*1-4(6)3-5(2)7;;;;;/h2-11,13-15H,1H3;1-10H;2*1-8H;3*1-6,8-9H;3*3H2,1-2H3;;;;;/q7*-1;;;;;;;;. The number of pyridine rings is 7. The molecule has 0 atom stereocenters. The van der Waals surface area contributed by atoms with Crippen molar-refractivity contribution in [3.05, 3.63) is 431 Å². The third-order valence-electron chi connectivity index (χ3n) is 18.2. The number of aryl methyl sites for hydroxylation is 1. The molecule has 0 fully saturated rings. The van der Waals surface area contributed by atoms with Crippen molar-refractivity contribution in [3.63, 3.8) is 0 Å². The first-order chi connectivity index (χ1) is 62.9. The van der Waals surface area contributed by atoms with Crippen LogP contribution in [-0.2, 0) is 129 Å². The molecule has 0 saturated carbocycles. The van der Waals surface area contributed by atoms with Crippen molar-refractivity contribution in [2.24, 2.45) is 0 Å². The van der Waals surface area contributed by atoms with Gasteiger partial charge in [-0.3, -0.25) is 38.7 Å². The summed E-state index contributed by atoms with van der Waals surface area (Å²) in [5, 5.41) is 5.85. The van der Waals surface area contributed by atoms with Crippen LogP contribution in [0, 0.1) is 49.4 Å². The number of Topliss-reactive ketones (excluding diaryl/α,β-unsaturated/α-hetero) is 6. The molecule has 134 heavy (non-hydrogen) atoms. The van der Waals surface area contributed by atoms with Crippen LogP contribution in [0.4, 0.5) is 0 Å². The third kappa shape index (κ3) is 36.7. The smallest absolute Gasteiger partial charge is 0.137 e. The summed E-state index contributed by atoms with van der Waals surface area (Å²) < 4.78 is 3.78. The molecule has 0 unspecified atom stereocenters. The molecule has 21 heteroatoms. The van der Waals surface area contributed by atoms with Gasteiger partial charge in [-0.2, -0.15) is 0 Å². The first-order valence-corrected chi connectivity index (χ1v) is 43.8. The Labute approximate surface area is 862 Å². The molecule has 683 valence electrons. The minimum atomic E-state index is -0.0625. The molecular weight excluding hydrogens is 2610 g/mol. The second-order valence-corrected chi connectivity index (χ2v) is 32.0. The zero-order valence-electron chi connectivity index (χ0n) is 74.0. The minimum absolute atomic E-state index is 0. The number of thiophene rings is 3. The molecule has 0 amide bonds. The number of para-hydroxylation sites is 2. The van der Waals surface area contributed by atoms with E-state index >= 15 is 0 Å². The maximum atomic E-state index is 10.0. The fourth-order valence-corrected chi connectivity index (χ4v) is 15.5. The Morgan fingerprint density at radius 2 is 0.597 bits per heavy atom. The summed E-state index contributed by atoms with van der Waals surface area (Å²) >= 11 is 5.21. The van der Waals surface area contributed by atoms with Crippen LogP contribution in [0.1, 0.15) is 66.4 Å². The normalized spacial score (nSPS) is 9.72. The molecule has 10 heterocycles. The van der Waals surface area contributed by atoms with E-state index < -0.39 is 0 Å².